The third kappa shape index (κ3) is 2.67. The Morgan fingerprint density at radius 3 is 2.52 bits per heavy atom. The normalized spacial score (nSPS) is 19.0. The van der Waals surface area contributed by atoms with Crippen LogP contribution in [0.3, 0.4) is 0 Å². The first-order valence-corrected chi connectivity index (χ1v) is 7.16. The van der Waals surface area contributed by atoms with Crippen molar-refractivity contribution in [2.75, 3.05) is 37.4 Å². The van der Waals surface area contributed by atoms with Crippen molar-refractivity contribution in [1.82, 2.24) is 10.3 Å². The number of aryl methyl sites for hydroxylation is 2. The molecule has 0 amide bonds. The largest absolute Gasteiger partial charge is 0.308 e. The number of aliphatic imine (C=N–C) groups is 1. The summed E-state index contributed by atoms with van der Waals surface area (Å²) < 4.78 is 0. The van der Waals surface area contributed by atoms with Gasteiger partial charge in [-0.05, 0) is 56.6 Å². The van der Waals surface area contributed by atoms with Crippen LogP contribution in [0.1, 0.15) is 17.5 Å². The van der Waals surface area contributed by atoms with Crippen LogP contribution >= 0.6 is 0 Å². The van der Waals surface area contributed by atoms with Gasteiger partial charge in [0.25, 0.3) is 0 Å². The standard InChI is InChI=1S/C14H21N5O2/c1-17(2)7-6-15-14-16-19(21)13-9-11-5-3-4-10(11)8-12(13)18(14)20/h8-9,20-21H,3-7H2,1-2H3,(H,15,16). The highest BCUT2D eigenvalue weighted by molar-refractivity contribution is 6.00. The number of benzene rings is 1. The number of hydrogen-bond donors (Lipinski definition) is 3. The van der Waals surface area contributed by atoms with E-state index in [4.69, 9.17) is 0 Å². The molecule has 1 aromatic rings. The highest BCUT2D eigenvalue weighted by atomic mass is 16.6. The summed E-state index contributed by atoms with van der Waals surface area (Å²) in [6.45, 7) is 1.29. The zero-order chi connectivity index (χ0) is 15.0. The molecule has 114 valence electrons. The molecular weight excluding hydrogens is 270 g/mol. The topological polar surface area (TPSA) is 74.6 Å². The van der Waals surface area contributed by atoms with Crippen LogP contribution in [0, 0.1) is 0 Å². The SMILES string of the molecule is CN(C)CCN=C1NN(O)c2cc3c(cc2N1O)CCC3. The minimum Gasteiger partial charge on any atom is -0.308 e. The first kappa shape index (κ1) is 14.1. The van der Waals surface area contributed by atoms with Crippen molar-refractivity contribution in [3.8, 4) is 0 Å². The minimum atomic E-state index is 0.227. The van der Waals surface area contributed by atoms with Crippen LogP contribution in [-0.4, -0.2) is 48.5 Å². The fraction of sp³-hybridized carbons (Fsp3) is 0.500. The molecule has 1 heterocycles. The van der Waals surface area contributed by atoms with Gasteiger partial charge in [-0.25, -0.2) is 10.4 Å². The van der Waals surface area contributed by atoms with Gasteiger partial charge in [-0.3, -0.25) is 10.4 Å². The molecule has 0 saturated carbocycles. The number of anilines is 2. The predicted molar refractivity (Wildman–Crippen MR) is 81.0 cm³/mol. The molecule has 2 aliphatic rings. The van der Waals surface area contributed by atoms with Crippen molar-refractivity contribution in [3.63, 3.8) is 0 Å². The highest BCUT2D eigenvalue weighted by Crippen LogP contribution is 2.36. The molecule has 0 atom stereocenters. The van der Waals surface area contributed by atoms with E-state index >= 15 is 0 Å². The third-order valence-corrected chi connectivity index (χ3v) is 3.86. The van der Waals surface area contributed by atoms with Gasteiger partial charge >= 0.3 is 0 Å². The number of rotatable bonds is 3. The van der Waals surface area contributed by atoms with Crippen LogP contribution in [0.25, 0.3) is 0 Å². The van der Waals surface area contributed by atoms with E-state index in [0.29, 0.717) is 17.9 Å². The average Bonchev–Trinajstić information content (AvgIpc) is 2.89. The minimum absolute atomic E-state index is 0.227. The van der Waals surface area contributed by atoms with Gasteiger partial charge in [-0.15, -0.1) is 0 Å². The maximum Gasteiger partial charge on any atom is 0.244 e. The van der Waals surface area contributed by atoms with Crippen molar-refractivity contribution in [3.05, 3.63) is 23.3 Å². The summed E-state index contributed by atoms with van der Waals surface area (Å²) in [4.78, 5) is 6.29. The van der Waals surface area contributed by atoms with Crippen molar-refractivity contribution in [2.45, 2.75) is 19.3 Å². The highest BCUT2D eigenvalue weighted by Gasteiger charge is 2.28. The monoisotopic (exact) mass is 291 g/mol. The first-order chi connectivity index (χ1) is 10.1. The summed E-state index contributed by atoms with van der Waals surface area (Å²) in [5.41, 5.74) is 6.25. The molecule has 1 aliphatic carbocycles. The maximum atomic E-state index is 10.3. The number of fused-ring (bicyclic) bond motifs is 2. The molecule has 21 heavy (non-hydrogen) atoms. The summed E-state index contributed by atoms with van der Waals surface area (Å²) >= 11 is 0. The summed E-state index contributed by atoms with van der Waals surface area (Å²) in [5.74, 6) is 0.227. The average molecular weight is 291 g/mol. The van der Waals surface area contributed by atoms with E-state index in [2.05, 4.69) is 10.4 Å². The molecule has 1 aromatic carbocycles. The summed E-state index contributed by atoms with van der Waals surface area (Å²) in [7, 11) is 3.92. The van der Waals surface area contributed by atoms with Gasteiger partial charge in [0.1, 0.15) is 11.4 Å². The van der Waals surface area contributed by atoms with Crippen LogP contribution in [0.4, 0.5) is 11.4 Å². The van der Waals surface area contributed by atoms with Crippen molar-refractivity contribution >= 4 is 17.3 Å². The van der Waals surface area contributed by atoms with Crippen LogP contribution in [-0.2, 0) is 12.8 Å². The van der Waals surface area contributed by atoms with Crippen molar-refractivity contribution in [2.24, 2.45) is 4.99 Å². The lowest BCUT2D eigenvalue weighted by Gasteiger charge is -2.33. The van der Waals surface area contributed by atoms with Crippen LogP contribution in [0.2, 0.25) is 0 Å². The Kier molecular flexibility index (Phi) is 3.71. The van der Waals surface area contributed by atoms with E-state index in [9.17, 15) is 10.4 Å². The number of guanidine groups is 1. The zero-order valence-electron chi connectivity index (χ0n) is 12.4. The first-order valence-electron chi connectivity index (χ1n) is 7.16. The molecule has 3 rings (SSSR count). The Bertz CT molecular complexity index is 573. The van der Waals surface area contributed by atoms with Gasteiger partial charge < -0.3 is 4.90 Å². The van der Waals surface area contributed by atoms with E-state index in [1.54, 1.807) is 0 Å². The Labute approximate surface area is 124 Å². The van der Waals surface area contributed by atoms with Gasteiger partial charge in [0, 0.05) is 6.54 Å². The molecule has 0 saturated heterocycles. The number of hydrazine groups is 1. The van der Waals surface area contributed by atoms with Crippen molar-refractivity contribution in [1.29, 1.82) is 0 Å². The molecule has 3 N–H and O–H groups in total. The Morgan fingerprint density at radius 1 is 1.19 bits per heavy atom. The van der Waals surface area contributed by atoms with E-state index in [1.165, 1.54) is 11.1 Å². The van der Waals surface area contributed by atoms with E-state index in [1.807, 2.05) is 31.1 Å². The Hall–Kier alpha value is -1.83. The van der Waals surface area contributed by atoms with Gasteiger partial charge in [-0.1, -0.05) is 0 Å². The molecule has 7 heteroatoms. The van der Waals surface area contributed by atoms with Crippen LogP contribution in [0.15, 0.2) is 17.1 Å². The lowest BCUT2D eigenvalue weighted by Crippen LogP contribution is -2.52. The number of likely N-dealkylation sites (N-methyl/N-ethyl adjacent to an activating group) is 1. The van der Waals surface area contributed by atoms with Gasteiger partial charge in [0.05, 0.1) is 6.54 Å². The summed E-state index contributed by atoms with van der Waals surface area (Å²) in [6.07, 6.45) is 3.15. The number of hydrogen-bond acceptors (Lipinski definition) is 5. The van der Waals surface area contributed by atoms with E-state index in [-0.39, 0.29) is 5.96 Å². The van der Waals surface area contributed by atoms with Gasteiger partial charge in [0.15, 0.2) is 0 Å². The third-order valence-electron chi connectivity index (χ3n) is 3.86. The summed E-state index contributed by atoms with van der Waals surface area (Å²) in [5, 5.41) is 22.3. The maximum absolute atomic E-state index is 10.3. The molecule has 7 nitrogen and oxygen atoms in total. The molecule has 0 fully saturated rings. The number of nitrogens with zero attached hydrogens (tertiary/aromatic N) is 4. The zero-order valence-corrected chi connectivity index (χ0v) is 12.4. The molecule has 0 aromatic heterocycles. The van der Waals surface area contributed by atoms with Crippen LogP contribution < -0.4 is 15.7 Å². The smallest absolute Gasteiger partial charge is 0.244 e. The van der Waals surface area contributed by atoms with Crippen molar-refractivity contribution < 1.29 is 10.4 Å². The molecule has 0 spiro atoms. The molecular formula is C14H21N5O2. The number of nitrogens with one attached hydrogen (secondary N) is 1. The fourth-order valence-corrected chi connectivity index (χ4v) is 2.71. The van der Waals surface area contributed by atoms with E-state index < -0.39 is 0 Å². The fourth-order valence-electron chi connectivity index (χ4n) is 2.71. The molecule has 0 unspecified atom stereocenters. The molecule has 0 radical (unpaired) electrons. The second-order valence-corrected chi connectivity index (χ2v) is 5.71. The quantitative estimate of drug-likeness (QED) is 0.771. The molecule has 0 bridgehead atoms. The summed E-state index contributed by atoms with van der Waals surface area (Å²) in [6, 6.07) is 3.85. The second kappa shape index (κ2) is 5.51. The number of hydroxylamine groups is 1. The van der Waals surface area contributed by atoms with Gasteiger partial charge in [-0.2, -0.15) is 10.2 Å². The Morgan fingerprint density at radius 2 is 1.86 bits per heavy atom. The lowest BCUT2D eigenvalue weighted by molar-refractivity contribution is 0.216. The van der Waals surface area contributed by atoms with Crippen LogP contribution in [0.5, 0.6) is 0 Å². The second-order valence-electron chi connectivity index (χ2n) is 5.71. The van der Waals surface area contributed by atoms with Gasteiger partial charge in [0.2, 0.25) is 5.96 Å². The molecule has 1 aliphatic heterocycles. The lowest BCUT2D eigenvalue weighted by atomic mass is 10.1. The Balaban J connectivity index is 1.88. The van der Waals surface area contributed by atoms with E-state index in [0.717, 1.165) is 36.0 Å². The predicted octanol–water partition coefficient (Wildman–Crippen LogP) is 1.00.